The second kappa shape index (κ2) is 8.76. The monoisotopic (exact) mass is 400 g/mol. The van der Waals surface area contributed by atoms with E-state index in [1.165, 1.54) is 0 Å². The van der Waals surface area contributed by atoms with E-state index in [1.807, 2.05) is 44.2 Å². The zero-order valence-electron chi connectivity index (χ0n) is 16.2. The Morgan fingerprint density at radius 2 is 1.82 bits per heavy atom. The number of halogens is 1. The maximum Gasteiger partial charge on any atom is 0.251 e. The third-order valence-electron chi connectivity index (χ3n) is 4.73. The van der Waals surface area contributed by atoms with Gasteiger partial charge in [0.25, 0.3) is 5.91 Å². The predicted octanol–water partition coefficient (Wildman–Crippen LogP) is 3.32. The summed E-state index contributed by atoms with van der Waals surface area (Å²) in [6, 6.07) is 15.7. The lowest BCUT2D eigenvalue weighted by molar-refractivity contribution is -0.147. The average molecular weight is 401 g/mol. The van der Waals surface area contributed by atoms with E-state index in [1.54, 1.807) is 29.2 Å². The zero-order valence-corrected chi connectivity index (χ0v) is 16.9. The summed E-state index contributed by atoms with van der Waals surface area (Å²) in [5.74, 6) is -0.388. The normalized spacial score (nSPS) is 17.0. The molecule has 1 N–H and O–H groups in total. The Morgan fingerprint density at radius 3 is 2.46 bits per heavy atom. The number of benzene rings is 2. The van der Waals surface area contributed by atoms with E-state index < -0.39 is 11.6 Å². The van der Waals surface area contributed by atoms with Gasteiger partial charge in [0.1, 0.15) is 6.04 Å². The Hall–Kier alpha value is -2.37. The summed E-state index contributed by atoms with van der Waals surface area (Å²) in [5.41, 5.74) is 1.06. The van der Waals surface area contributed by atoms with Crippen molar-refractivity contribution in [1.29, 1.82) is 0 Å². The number of amides is 2. The first-order valence-corrected chi connectivity index (χ1v) is 9.75. The second-order valence-electron chi connectivity index (χ2n) is 7.59. The van der Waals surface area contributed by atoms with Gasteiger partial charge in [-0.3, -0.25) is 9.59 Å². The van der Waals surface area contributed by atoms with E-state index in [0.29, 0.717) is 36.7 Å². The summed E-state index contributed by atoms with van der Waals surface area (Å²) in [6.45, 7) is 5.43. The van der Waals surface area contributed by atoms with Crippen molar-refractivity contribution in [3.05, 3.63) is 70.7 Å². The minimum absolute atomic E-state index is 0.0949. The first kappa shape index (κ1) is 20.4. The molecule has 0 radical (unpaired) electrons. The fraction of sp³-hybridized carbons (Fsp3) is 0.364. The molecular formula is C22H25ClN2O3. The highest BCUT2D eigenvalue weighted by molar-refractivity contribution is 6.30. The molecule has 0 aromatic heterocycles. The standard InChI is InChI=1S/C22H25ClN2O3/c1-22(2)15-25(12-13-28-22)21(27)19(14-16-6-4-3-5-7-16)24-20(26)17-8-10-18(23)11-9-17/h3-11,19H,12-15H2,1-2H3,(H,24,26). The van der Waals surface area contributed by atoms with Gasteiger partial charge in [-0.2, -0.15) is 0 Å². The van der Waals surface area contributed by atoms with Crippen molar-refractivity contribution < 1.29 is 14.3 Å². The molecule has 2 aromatic rings. The Balaban J connectivity index is 1.79. The Kier molecular flexibility index (Phi) is 6.37. The van der Waals surface area contributed by atoms with Crippen LogP contribution in [0.5, 0.6) is 0 Å². The number of nitrogens with zero attached hydrogens (tertiary/aromatic N) is 1. The predicted molar refractivity (Wildman–Crippen MR) is 109 cm³/mol. The number of hydrogen-bond acceptors (Lipinski definition) is 3. The molecule has 1 heterocycles. The van der Waals surface area contributed by atoms with E-state index in [0.717, 1.165) is 5.56 Å². The van der Waals surface area contributed by atoms with Gasteiger partial charge in [-0.25, -0.2) is 0 Å². The molecule has 1 fully saturated rings. The summed E-state index contributed by atoms with van der Waals surface area (Å²) in [5, 5.41) is 3.47. The number of morpholine rings is 1. The maximum absolute atomic E-state index is 13.2. The van der Waals surface area contributed by atoms with Crippen LogP contribution in [-0.2, 0) is 16.0 Å². The highest BCUT2D eigenvalue weighted by Crippen LogP contribution is 2.18. The summed E-state index contributed by atoms with van der Waals surface area (Å²) in [7, 11) is 0. The molecule has 3 rings (SSSR count). The molecule has 1 aliphatic heterocycles. The van der Waals surface area contributed by atoms with Gasteiger partial charge in [0.15, 0.2) is 0 Å². The number of carbonyl (C=O) groups excluding carboxylic acids is 2. The first-order valence-electron chi connectivity index (χ1n) is 9.37. The van der Waals surface area contributed by atoms with Crippen LogP contribution in [0.1, 0.15) is 29.8 Å². The number of rotatable bonds is 5. The molecule has 6 heteroatoms. The first-order chi connectivity index (χ1) is 13.3. The summed E-state index contributed by atoms with van der Waals surface area (Å²) < 4.78 is 5.71. The van der Waals surface area contributed by atoms with Gasteiger partial charge < -0.3 is 15.0 Å². The van der Waals surface area contributed by atoms with Crippen LogP contribution in [0.25, 0.3) is 0 Å². The van der Waals surface area contributed by atoms with Gasteiger partial charge >= 0.3 is 0 Å². The Morgan fingerprint density at radius 1 is 1.14 bits per heavy atom. The van der Waals surface area contributed by atoms with Gasteiger partial charge in [-0.05, 0) is 43.7 Å². The van der Waals surface area contributed by atoms with Gasteiger partial charge in [0.05, 0.1) is 12.2 Å². The molecule has 2 amide bonds. The molecule has 2 aromatic carbocycles. The molecular weight excluding hydrogens is 376 g/mol. The summed E-state index contributed by atoms with van der Waals surface area (Å²) in [6.07, 6.45) is 0.427. The third kappa shape index (κ3) is 5.33. The van der Waals surface area contributed by atoms with Gasteiger partial charge in [0.2, 0.25) is 5.91 Å². The van der Waals surface area contributed by atoms with Crippen molar-refractivity contribution in [2.45, 2.75) is 31.9 Å². The highest BCUT2D eigenvalue weighted by Gasteiger charge is 2.34. The Labute approximate surface area is 170 Å². The molecule has 1 aliphatic rings. The minimum atomic E-state index is -0.653. The average Bonchev–Trinajstić information content (AvgIpc) is 2.67. The van der Waals surface area contributed by atoms with Crippen LogP contribution in [0.3, 0.4) is 0 Å². The smallest absolute Gasteiger partial charge is 0.251 e. The van der Waals surface area contributed by atoms with Crippen molar-refractivity contribution in [2.75, 3.05) is 19.7 Å². The van der Waals surface area contributed by atoms with Crippen molar-refractivity contribution >= 4 is 23.4 Å². The van der Waals surface area contributed by atoms with Crippen molar-refractivity contribution in [3.8, 4) is 0 Å². The largest absolute Gasteiger partial charge is 0.372 e. The lowest BCUT2D eigenvalue weighted by Gasteiger charge is -2.39. The van der Waals surface area contributed by atoms with Crippen LogP contribution < -0.4 is 5.32 Å². The van der Waals surface area contributed by atoms with Crippen molar-refractivity contribution in [3.63, 3.8) is 0 Å². The molecule has 1 saturated heterocycles. The summed E-state index contributed by atoms with van der Waals surface area (Å²) in [4.78, 5) is 27.7. The van der Waals surface area contributed by atoms with Crippen LogP contribution >= 0.6 is 11.6 Å². The number of ether oxygens (including phenoxy) is 1. The lowest BCUT2D eigenvalue weighted by atomic mass is 10.0. The summed E-state index contributed by atoms with van der Waals surface area (Å²) >= 11 is 5.90. The Bertz CT molecular complexity index is 821. The number of hydrogen-bond donors (Lipinski definition) is 1. The van der Waals surface area contributed by atoms with Gasteiger partial charge in [0, 0.05) is 30.1 Å². The zero-order chi connectivity index (χ0) is 20.1. The lowest BCUT2D eigenvalue weighted by Crippen LogP contribution is -2.56. The molecule has 28 heavy (non-hydrogen) atoms. The number of carbonyl (C=O) groups is 2. The van der Waals surface area contributed by atoms with Crippen molar-refractivity contribution in [2.24, 2.45) is 0 Å². The molecule has 0 spiro atoms. The van der Waals surface area contributed by atoms with E-state index in [9.17, 15) is 9.59 Å². The second-order valence-corrected chi connectivity index (χ2v) is 8.03. The highest BCUT2D eigenvalue weighted by atomic mass is 35.5. The van der Waals surface area contributed by atoms with E-state index in [-0.39, 0.29) is 11.8 Å². The fourth-order valence-corrected chi connectivity index (χ4v) is 3.44. The van der Waals surface area contributed by atoms with Crippen LogP contribution in [-0.4, -0.2) is 48.1 Å². The van der Waals surface area contributed by atoms with Gasteiger partial charge in [-0.15, -0.1) is 0 Å². The van der Waals surface area contributed by atoms with Crippen LogP contribution in [0.15, 0.2) is 54.6 Å². The molecule has 5 nitrogen and oxygen atoms in total. The molecule has 1 unspecified atom stereocenters. The van der Waals surface area contributed by atoms with E-state index in [4.69, 9.17) is 16.3 Å². The van der Waals surface area contributed by atoms with E-state index in [2.05, 4.69) is 5.32 Å². The molecule has 1 atom stereocenters. The van der Waals surface area contributed by atoms with E-state index >= 15 is 0 Å². The SMILES string of the molecule is CC1(C)CN(C(=O)C(Cc2ccccc2)NC(=O)c2ccc(Cl)cc2)CCO1. The van der Waals surface area contributed by atoms with Crippen LogP contribution in [0, 0.1) is 0 Å². The molecule has 148 valence electrons. The molecule has 0 aliphatic carbocycles. The third-order valence-corrected chi connectivity index (χ3v) is 4.98. The quantitative estimate of drug-likeness (QED) is 0.837. The van der Waals surface area contributed by atoms with Gasteiger partial charge in [-0.1, -0.05) is 41.9 Å². The van der Waals surface area contributed by atoms with Crippen LogP contribution in [0.2, 0.25) is 5.02 Å². The number of nitrogens with one attached hydrogen (secondary N) is 1. The molecule has 0 saturated carbocycles. The maximum atomic E-state index is 13.2. The van der Waals surface area contributed by atoms with Crippen LogP contribution in [0.4, 0.5) is 0 Å². The fourth-order valence-electron chi connectivity index (χ4n) is 3.32. The minimum Gasteiger partial charge on any atom is -0.372 e. The van der Waals surface area contributed by atoms with Crippen molar-refractivity contribution in [1.82, 2.24) is 10.2 Å². The molecule has 0 bridgehead atoms. The topological polar surface area (TPSA) is 58.6 Å².